The number of aliphatic hydroxyl groups excluding tert-OH is 3. The molecule has 32 heavy (non-hydrogen) atoms. The van der Waals surface area contributed by atoms with Gasteiger partial charge in [-0.25, -0.2) is 4.79 Å². The average molecular weight is 469 g/mol. The van der Waals surface area contributed by atoms with Gasteiger partial charge < -0.3 is 30.1 Å². The van der Waals surface area contributed by atoms with Gasteiger partial charge in [0.15, 0.2) is 0 Å². The molecule has 0 unspecified atom stereocenters. The molecule has 176 valence electrons. The standard InChI is InChI=1S/C20H28N4O7S/c1-4-15(27)23-16-13(25)9-20(19(29)30-3,32-12-7-5-11(2)6-8-12)31-18(16)17(28)14(26)10-22-24-21/h5-8,13-14,16-18,25-26,28H,4,9-10H2,1-3H3,(H,23,27)/t13-,14+,16+,17+,18+,20+/m0/s1. The van der Waals surface area contributed by atoms with Crippen molar-refractivity contribution in [3.63, 3.8) is 0 Å². The zero-order valence-corrected chi connectivity index (χ0v) is 18.9. The minimum absolute atomic E-state index is 0.105. The van der Waals surface area contributed by atoms with Gasteiger partial charge >= 0.3 is 5.97 Å². The number of aliphatic hydroxyl groups is 3. The van der Waals surface area contributed by atoms with Crippen molar-refractivity contribution in [2.75, 3.05) is 13.7 Å². The average Bonchev–Trinajstić information content (AvgIpc) is 2.79. The summed E-state index contributed by atoms with van der Waals surface area (Å²) in [6, 6.07) is 6.09. The van der Waals surface area contributed by atoms with E-state index in [1.54, 1.807) is 19.1 Å². The van der Waals surface area contributed by atoms with E-state index in [1.807, 2.05) is 19.1 Å². The number of ether oxygens (including phenoxy) is 2. The van der Waals surface area contributed by atoms with E-state index in [-0.39, 0.29) is 12.8 Å². The van der Waals surface area contributed by atoms with Gasteiger partial charge in [-0.05, 0) is 24.6 Å². The van der Waals surface area contributed by atoms with E-state index in [0.29, 0.717) is 4.90 Å². The van der Waals surface area contributed by atoms with Gasteiger partial charge in [-0.3, -0.25) is 4.79 Å². The van der Waals surface area contributed by atoms with Crippen LogP contribution in [0.2, 0.25) is 0 Å². The maximum atomic E-state index is 12.8. The number of carbonyl (C=O) groups is 2. The lowest BCUT2D eigenvalue weighted by molar-refractivity contribution is -0.204. The Bertz CT molecular complexity index is 849. The van der Waals surface area contributed by atoms with Gasteiger partial charge in [-0.2, -0.15) is 0 Å². The lowest BCUT2D eigenvalue weighted by atomic mass is 9.89. The Morgan fingerprint density at radius 3 is 2.62 bits per heavy atom. The van der Waals surface area contributed by atoms with Crippen molar-refractivity contribution in [1.82, 2.24) is 5.32 Å². The first kappa shape index (κ1) is 25.9. The highest BCUT2D eigenvalue weighted by atomic mass is 32.2. The van der Waals surface area contributed by atoms with Gasteiger partial charge in [0.2, 0.25) is 10.8 Å². The van der Waals surface area contributed by atoms with Crippen LogP contribution in [-0.4, -0.2) is 76.2 Å². The van der Waals surface area contributed by atoms with Crippen molar-refractivity contribution < 1.29 is 34.4 Å². The van der Waals surface area contributed by atoms with Crippen LogP contribution in [-0.2, 0) is 19.1 Å². The monoisotopic (exact) mass is 468 g/mol. The largest absolute Gasteiger partial charge is 0.466 e. The minimum Gasteiger partial charge on any atom is -0.466 e. The Labute approximate surface area is 189 Å². The number of esters is 1. The normalized spacial score (nSPS) is 27.0. The molecule has 1 fully saturated rings. The molecule has 6 atom stereocenters. The summed E-state index contributed by atoms with van der Waals surface area (Å²) >= 11 is 0.990. The molecule has 12 heteroatoms. The van der Waals surface area contributed by atoms with Gasteiger partial charge in [0, 0.05) is 22.6 Å². The number of nitrogens with one attached hydrogen (secondary N) is 1. The molecule has 11 nitrogen and oxygen atoms in total. The maximum Gasteiger partial charge on any atom is 0.349 e. The van der Waals surface area contributed by atoms with Crippen LogP contribution < -0.4 is 5.32 Å². The number of benzene rings is 1. The van der Waals surface area contributed by atoms with Gasteiger partial charge in [0.25, 0.3) is 0 Å². The molecular weight excluding hydrogens is 440 g/mol. The predicted octanol–water partition coefficient (Wildman–Crippen LogP) is 1.03. The number of amides is 1. The molecule has 0 saturated carbocycles. The fourth-order valence-corrected chi connectivity index (χ4v) is 4.58. The first-order valence-corrected chi connectivity index (χ1v) is 10.9. The highest BCUT2D eigenvalue weighted by Crippen LogP contribution is 2.44. The van der Waals surface area contributed by atoms with Crippen LogP contribution in [0, 0.1) is 6.92 Å². The molecule has 4 N–H and O–H groups in total. The molecule has 0 radical (unpaired) electrons. The maximum absolute atomic E-state index is 12.8. The molecule has 0 aromatic heterocycles. The Balaban J connectivity index is 2.45. The molecule has 2 rings (SSSR count). The summed E-state index contributed by atoms with van der Waals surface area (Å²) in [5, 5.41) is 37.7. The van der Waals surface area contributed by atoms with Crippen molar-refractivity contribution in [3.8, 4) is 0 Å². The molecule has 1 aromatic rings. The molecular formula is C20H28N4O7S. The van der Waals surface area contributed by atoms with Crippen LogP contribution in [0.15, 0.2) is 34.3 Å². The second-order valence-electron chi connectivity index (χ2n) is 7.43. The number of nitrogens with zero attached hydrogens (tertiary/aromatic N) is 3. The predicted molar refractivity (Wildman–Crippen MR) is 116 cm³/mol. The molecule has 1 aliphatic rings. The summed E-state index contributed by atoms with van der Waals surface area (Å²) in [7, 11) is 1.17. The third-order valence-electron chi connectivity index (χ3n) is 5.08. The van der Waals surface area contributed by atoms with E-state index in [1.165, 1.54) is 7.11 Å². The van der Waals surface area contributed by atoms with Gasteiger partial charge in [-0.1, -0.05) is 41.5 Å². The zero-order chi connectivity index (χ0) is 23.9. The first-order valence-electron chi connectivity index (χ1n) is 10.0. The summed E-state index contributed by atoms with van der Waals surface area (Å²) in [4.78, 5) is 26.3. The van der Waals surface area contributed by atoms with Crippen molar-refractivity contribution in [3.05, 3.63) is 40.3 Å². The van der Waals surface area contributed by atoms with Gasteiger partial charge in [-0.15, -0.1) is 0 Å². The SMILES string of the molecule is CCC(=O)N[C@H]1[C@H]([C@H](O)[C@H](O)CN=[N+]=[N-])O[C@](Sc2ccc(C)cc2)(C(=O)OC)C[C@@H]1O. The number of carbonyl (C=O) groups excluding carboxylic acids is 2. The van der Waals surface area contributed by atoms with Crippen LogP contribution in [0.25, 0.3) is 10.4 Å². The second kappa shape index (κ2) is 11.5. The summed E-state index contributed by atoms with van der Waals surface area (Å²) < 4.78 is 11.0. The zero-order valence-electron chi connectivity index (χ0n) is 18.0. The fourth-order valence-electron chi connectivity index (χ4n) is 3.35. The van der Waals surface area contributed by atoms with Crippen molar-refractivity contribution in [1.29, 1.82) is 0 Å². The topological polar surface area (TPSA) is 174 Å². The lowest BCUT2D eigenvalue weighted by Crippen LogP contribution is -2.66. The molecule has 1 aliphatic heterocycles. The van der Waals surface area contributed by atoms with E-state index >= 15 is 0 Å². The Kier molecular flexibility index (Phi) is 9.32. The number of rotatable bonds is 9. The molecule has 0 bridgehead atoms. The summed E-state index contributed by atoms with van der Waals surface area (Å²) in [6.07, 6.45) is -6.13. The van der Waals surface area contributed by atoms with Crippen LogP contribution >= 0.6 is 11.8 Å². The fraction of sp³-hybridized carbons (Fsp3) is 0.600. The van der Waals surface area contributed by atoms with Gasteiger partial charge in [0.1, 0.15) is 12.2 Å². The number of aryl methyl sites for hydroxylation is 1. The van der Waals surface area contributed by atoms with Gasteiger partial charge in [0.05, 0.1) is 31.9 Å². The Morgan fingerprint density at radius 1 is 1.41 bits per heavy atom. The first-order chi connectivity index (χ1) is 15.2. The molecule has 1 aromatic carbocycles. The molecule has 1 heterocycles. The molecule has 0 aliphatic carbocycles. The van der Waals surface area contributed by atoms with Crippen LogP contribution in [0.1, 0.15) is 25.3 Å². The Morgan fingerprint density at radius 2 is 2.06 bits per heavy atom. The van der Waals surface area contributed by atoms with E-state index in [4.69, 9.17) is 15.0 Å². The minimum atomic E-state index is -1.76. The summed E-state index contributed by atoms with van der Waals surface area (Å²) in [5.74, 6) is -1.22. The molecule has 1 saturated heterocycles. The van der Waals surface area contributed by atoms with Crippen LogP contribution in [0.4, 0.5) is 0 Å². The number of thioether (sulfide) groups is 1. The van der Waals surface area contributed by atoms with Crippen molar-refractivity contribution in [2.45, 2.75) is 67.0 Å². The van der Waals surface area contributed by atoms with E-state index in [9.17, 15) is 24.9 Å². The number of methoxy groups -OCH3 is 1. The summed E-state index contributed by atoms with van der Waals surface area (Å²) in [6.45, 7) is 3.04. The lowest BCUT2D eigenvalue weighted by Gasteiger charge is -2.47. The Hall–Kier alpha value is -2.34. The van der Waals surface area contributed by atoms with Crippen LogP contribution in [0.3, 0.4) is 0 Å². The van der Waals surface area contributed by atoms with E-state index in [0.717, 1.165) is 17.3 Å². The third kappa shape index (κ3) is 6.12. The van der Waals surface area contributed by atoms with Crippen molar-refractivity contribution >= 4 is 23.6 Å². The number of hydrogen-bond acceptors (Lipinski definition) is 9. The second-order valence-corrected chi connectivity index (χ2v) is 8.77. The molecule has 0 spiro atoms. The van der Waals surface area contributed by atoms with E-state index in [2.05, 4.69) is 15.3 Å². The highest BCUT2D eigenvalue weighted by Gasteiger charge is 2.55. The number of hydrogen-bond donors (Lipinski definition) is 4. The number of azide groups is 1. The third-order valence-corrected chi connectivity index (χ3v) is 6.35. The highest BCUT2D eigenvalue weighted by molar-refractivity contribution is 8.01. The van der Waals surface area contributed by atoms with Crippen molar-refractivity contribution in [2.24, 2.45) is 5.11 Å². The smallest absolute Gasteiger partial charge is 0.349 e. The van der Waals surface area contributed by atoms with Crippen LogP contribution in [0.5, 0.6) is 0 Å². The quantitative estimate of drug-likeness (QED) is 0.180. The summed E-state index contributed by atoms with van der Waals surface area (Å²) in [5.41, 5.74) is 9.50. The van der Waals surface area contributed by atoms with E-state index < -0.39 is 53.8 Å². The molecule has 1 amide bonds.